The minimum Gasteiger partial charge on any atom is -0.480 e. The van der Waals surface area contributed by atoms with Gasteiger partial charge in [0.05, 0.1) is 29.8 Å². The largest absolute Gasteiger partial charge is 0.480 e. The van der Waals surface area contributed by atoms with Crippen LogP contribution in [0.25, 0.3) is 5.69 Å². The summed E-state index contributed by atoms with van der Waals surface area (Å²) in [5, 5.41) is 20.3. The lowest BCUT2D eigenvalue weighted by Gasteiger charge is -2.20. The summed E-state index contributed by atoms with van der Waals surface area (Å²) in [6, 6.07) is 12.2. The number of fused-ring (bicyclic) bond motifs is 1. The number of benzene rings is 1. The Labute approximate surface area is 228 Å². The van der Waals surface area contributed by atoms with Crippen molar-refractivity contribution in [3.8, 4) is 5.69 Å². The van der Waals surface area contributed by atoms with E-state index in [-0.39, 0.29) is 6.10 Å². The second-order valence-electron chi connectivity index (χ2n) is 10.4. The van der Waals surface area contributed by atoms with Crippen molar-refractivity contribution in [2.45, 2.75) is 58.3 Å². The summed E-state index contributed by atoms with van der Waals surface area (Å²) in [6.45, 7) is 7.39. The van der Waals surface area contributed by atoms with E-state index >= 15 is 0 Å². The number of ether oxygens (including phenoxy) is 1. The number of carbonyl (C=O) groups excluding carboxylic acids is 1. The highest BCUT2D eigenvalue weighted by atomic mass is 16.5. The van der Waals surface area contributed by atoms with Crippen LogP contribution in [0.4, 0.5) is 5.82 Å². The monoisotopic (exact) mass is 532 g/mol. The minimum absolute atomic E-state index is 0.0748. The molecule has 1 saturated heterocycles. The summed E-state index contributed by atoms with van der Waals surface area (Å²) < 4.78 is 7.89. The van der Waals surface area contributed by atoms with Gasteiger partial charge in [0.15, 0.2) is 0 Å². The van der Waals surface area contributed by atoms with E-state index in [1.165, 1.54) is 5.56 Å². The number of hydrogen-bond donors (Lipinski definition) is 3. The average Bonchev–Trinajstić information content (AvgIpc) is 3.54. The van der Waals surface area contributed by atoms with Gasteiger partial charge in [-0.1, -0.05) is 12.1 Å². The van der Waals surface area contributed by atoms with Crippen LogP contribution < -0.4 is 10.6 Å². The van der Waals surface area contributed by atoms with Crippen molar-refractivity contribution in [3.63, 3.8) is 0 Å². The van der Waals surface area contributed by atoms with Crippen molar-refractivity contribution in [2.75, 3.05) is 31.5 Å². The molecule has 2 atom stereocenters. The number of likely N-dealkylation sites (tertiary alicyclic amines) is 1. The van der Waals surface area contributed by atoms with Crippen LogP contribution in [-0.2, 0) is 22.6 Å². The fourth-order valence-electron chi connectivity index (χ4n) is 5.27. The zero-order valence-corrected chi connectivity index (χ0v) is 22.5. The van der Waals surface area contributed by atoms with Gasteiger partial charge in [0.1, 0.15) is 11.9 Å². The van der Waals surface area contributed by atoms with Gasteiger partial charge in [-0.3, -0.25) is 4.79 Å². The van der Waals surface area contributed by atoms with Crippen LogP contribution in [0.15, 0.2) is 42.5 Å². The molecule has 10 nitrogen and oxygen atoms in total. The molecule has 0 spiro atoms. The Hall–Kier alpha value is -3.76. The predicted octanol–water partition coefficient (Wildman–Crippen LogP) is 3.11. The lowest BCUT2D eigenvalue weighted by atomic mass is 10.1. The Morgan fingerprint density at radius 3 is 2.90 bits per heavy atom. The van der Waals surface area contributed by atoms with Crippen LogP contribution in [0.1, 0.15) is 52.3 Å². The van der Waals surface area contributed by atoms with Gasteiger partial charge < -0.3 is 25.4 Å². The molecule has 0 radical (unpaired) electrons. The summed E-state index contributed by atoms with van der Waals surface area (Å²) in [4.78, 5) is 31.8. The van der Waals surface area contributed by atoms with Gasteiger partial charge in [-0.2, -0.15) is 5.10 Å². The molecule has 3 aromatic rings. The Kier molecular flexibility index (Phi) is 8.23. The molecule has 3 N–H and O–H groups in total. The van der Waals surface area contributed by atoms with Crippen molar-refractivity contribution in [1.82, 2.24) is 25.0 Å². The molecule has 0 bridgehead atoms. The molecule has 2 aromatic heterocycles. The first-order chi connectivity index (χ1) is 18.9. The zero-order chi connectivity index (χ0) is 27.4. The molecular weight excluding hydrogens is 496 g/mol. The third kappa shape index (κ3) is 6.63. The molecule has 4 heterocycles. The quantitative estimate of drug-likeness (QED) is 0.364. The highest BCUT2D eigenvalue weighted by Gasteiger charge is 2.27. The molecule has 10 heteroatoms. The van der Waals surface area contributed by atoms with Crippen LogP contribution in [0.5, 0.6) is 0 Å². The van der Waals surface area contributed by atoms with E-state index in [2.05, 4.69) is 26.7 Å². The number of aryl methyl sites for hydroxylation is 3. The third-order valence-corrected chi connectivity index (χ3v) is 7.35. The van der Waals surface area contributed by atoms with E-state index in [0.29, 0.717) is 25.1 Å². The number of nitrogens with zero attached hydrogens (tertiary/aromatic N) is 4. The fraction of sp³-hybridized carbons (Fsp3) is 0.448. The van der Waals surface area contributed by atoms with Crippen LogP contribution in [-0.4, -0.2) is 75.0 Å². The van der Waals surface area contributed by atoms with Gasteiger partial charge in [-0.05, 0) is 75.4 Å². The summed E-state index contributed by atoms with van der Waals surface area (Å²) in [5.41, 5.74) is 5.16. The smallest absolute Gasteiger partial charge is 0.326 e. The number of carboxylic acid groups (broad SMARTS) is 1. The van der Waals surface area contributed by atoms with Crippen LogP contribution >= 0.6 is 0 Å². The van der Waals surface area contributed by atoms with Crippen molar-refractivity contribution in [2.24, 2.45) is 0 Å². The predicted molar refractivity (Wildman–Crippen MR) is 147 cm³/mol. The number of rotatable bonds is 10. The lowest BCUT2D eigenvalue weighted by Crippen LogP contribution is -2.43. The van der Waals surface area contributed by atoms with Gasteiger partial charge in [0.25, 0.3) is 5.91 Å². The number of aliphatic carboxylic acids is 1. The number of pyridine rings is 1. The van der Waals surface area contributed by atoms with Crippen molar-refractivity contribution in [3.05, 3.63) is 70.7 Å². The summed E-state index contributed by atoms with van der Waals surface area (Å²) in [5.74, 6) is -0.493. The number of carboxylic acids is 1. The zero-order valence-electron chi connectivity index (χ0n) is 22.5. The standard InChI is InChI=1S/C29H36N6O4/c1-19-15-20(2)35(33-19)24-7-3-5-22(16-24)28(36)32-26(29(37)38)11-14-34-13-10-25(17-34)39-18-23-9-8-21-6-4-12-30-27(21)31-23/h3,5,7-9,15-16,25-26H,4,6,10-14,17-18H2,1-2H3,(H,30,31)(H,32,36)(H,37,38)/t25-,26?/m1/s1. The van der Waals surface area contributed by atoms with Gasteiger partial charge >= 0.3 is 5.97 Å². The molecular formula is C29H36N6O4. The number of nitrogens with one attached hydrogen (secondary N) is 2. The molecule has 2 aliphatic rings. The molecule has 5 rings (SSSR count). The first kappa shape index (κ1) is 26.8. The Morgan fingerprint density at radius 1 is 1.23 bits per heavy atom. The molecule has 0 saturated carbocycles. The van der Waals surface area contributed by atoms with Crippen molar-refractivity contribution >= 4 is 17.7 Å². The van der Waals surface area contributed by atoms with E-state index in [9.17, 15) is 14.7 Å². The maximum atomic E-state index is 12.9. The summed E-state index contributed by atoms with van der Waals surface area (Å²) in [7, 11) is 0. The summed E-state index contributed by atoms with van der Waals surface area (Å²) in [6.07, 6.45) is 3.46. The first-order valence-corrected chi connectivity index (χ1v) is 13.6. The molecule has 2 aliphatic heterocycles. The average molecular weight is 533 g/mol. The van der Waals surface area contributed by atoms with Crippen LogP contribution in [0.2, 0.25) is 0 Å². The maximum Gasteiger partial charge on any atom is 0.326 e. The van der Waals surface area contributed by atoms with E-state index in [0.717, 1.165) is 67.5 Å². The Morgan fingerprint density at radius 2 is 2.10 bits per heavy atom. The second-order valence-corrected chi connectivity index (χ2v) is 10.4. The number of anilines is 1. The topological polar surface area (TPSA) is 122 Å². The van der Waals surface area contributed by atoms with Gasteiger partial charge in [0.2, 0.25) is 0 Å². The lowest BCUT2D eigenvalue weighted by molar-refractivity contribution is -0.139. The van der Waals surface area contributed by atoms with E-state index in [1.807, 2.05) is 32.0 Å². The Bertz CT molecular complexity index is 1340. The molecule has 1 unspecified atom stereocenters. The first-order valence-electron chi connectivity index (χ1n) is 13.6. The molecule has 1 aromatic carbocycles. The Balaban J connectivity index is 1.11. The SMILES string of the molecule is Cc1cc(C)n(-c2cccc(C(=O)NC(CCN3CC[C@@H](OCc4ccc5c(n4)NCCC5)C3)C(=O)O)c2)n1. The molecule has 0 aliphatic carbocycles. The van der Waals surface area contributed by atoms with Crippen LogP contribution in [0.3, 0.4) is 0 Å². The number of carbonyl (C=O) groups is 2. The molecule has 1 amide bonds. The molecule has 1 fully saturated rings. The maximum absolute atomic E-state index is 12.9. The van der Waals surface area contributed by atoms with E-state index < -0.39 is 17.9 Å². The number of hydrogen-bond acceptors (Lipinski definition) is 7. The number of aromatic nitrogens is 3. The van der Waals surface area contributed by atoms with E-state index in [1.54, 1.807) is 22.9 Å². The number of amides is 1. The fourth-order valence-corrected chi connectivity index (χ4v) is 5.27. The molecule has 39 heavy (non-hydrogen) atoms. The van der Waals surface area contributed by atoms with Crippen molar-refractivity contribution < 1.29 is 19.4 Å². The van der Waals surface area contributed by atoms with Gasteiger partial charge in [0, 0.05) is 37.4 Å². The minimum atomic E-state index is -1.04. The third-order valence-electron chi connectivity index (χ3n) is 7.35. The van der Waals surface area contributed by atoms with Crippen molar-refractivity contribution in [1.29, 1.82) is 0 Å². The molecule has 206 valence electrons. The van der Waals surface area contributed by atoms with E-state index in [4.69, 9.17) is 9.72 Å². The highest BCUT2D eigenvalue weighted by molar-refractivity contribution is 5.97. The van der Waals surface area contributed by atoms with Gasteiger partial charge in [-0.15, -0.1) is 0 Å². The highest BCUT2D eigenvalue weighted by Crippen LogP contribution is 2.21. The van der Waals surface area contributed by atoms with Crippen LogP contribution in [0, 0.1) is 13.8 Å². The second kappa shape index (κ2) is 12.0. The summed E-state index contributed by atoms with van der Waals surface area (Å²) >= 11 is 0. The van der Waals surface area contributed by atoms with Gasteiger partial charge in [-0.25, -0.2) is 14.5 Å². The normalized spacial score (nSPS) is 17.8.